The molecule has 0 spiro atoms. The van der Waals surface area contributed by atoms with Crippen molar-refractivity contribution in [3.63, 3.8) is 0 Å². The van der Waals surface area contributed by atoms with Gasteiger partial charge in [-0.25, -0.2) is 0 Å². The molecule has 0 aromatic heterocycles. The maximum atomic E-state index is 12.1. The van der Waals surface area contributed by atoms with E-state index in [1.165, 1.54) is 4.90 Å². The number of hydrogen-bond acceptors (Lipinski definition) is 3. The van der Waals surface area contributed by atoms with Crippen LogP contribution < -0.4 is 10.6 Å². The summed E-state index contributed by atoms with van der Waals surface area (Å²) in [5, 5.41) is 6.95. The summed E-state index contributed by atoms with van der Waals surface area (Å²) < 4.78 is 0. The minimum Gasteiger partial charge on any atom is -0.348 e. The SMILES string of the molecule is CC(C)Sc1ccc(C(=O)N[C@H]2CCCNC2)cc1.Cl. The molecule has 2 N–H and O–H groups in total. The van der Waals surface area contributed by atoms with Crippen LogP contribution in [0.4, 0.5) is 0 Å². The van der Waals surface area contributed by atoms with Crippen LogP contribution in [-0.4, -0.2) is 30.3 Å². The van der Waals surface area contributed by atoms with Gasteiger partial charge in [0, 0.05) is 28.3 Å². The molecular weight excluding hydrogens is 292 g/mol. The van der Waals surface area contributed by atoms with Crippen LogP contribution in [0, 0.1) is 0 Å². The lowest BCUT2D eigenvalue weighted by atomic mass is 10.1. The van der Waals surface area contributed by atoms with E-state index in [2.05, 4.69) is 24.5 Å². The van der Waals surface area contributed by atoms with Gasteiger partial charge in [-0.05, 0) is 43.7 Å². The zero-order valence-electron chi connectivity index (χ0n) is 12.0. The van der Waals surface area contributed by atoms with Crippen LogP contribution in [-0.2, 0) is 0 Å². The molecule has 20 heavy (non-hydrogen) atoms. The Morgan fingerprint density at radius 1 is 1.35 bits per heavy atom. The lowest BCUT2D eigenvalue weighted by molar-refractivity contribution is 0.0930. The first kappa shape index (κ1) is 17.3. The Bertz CT molecular complexity index is 416. The van der Waals surface area contributed by atoms with Crippen molar-refractivity contribution in [2.45, 2.75) is 42.9 Å². The van der Waals surface area contributed by atoms with Gasteiger partial charge in [0.1, 0.15) is 0 Å². The van der Waals surface area contributed by atoms with Crippen LogP contribution >= 0.6 is 24.2 Å². The van der Waals surface area contributed by atoms with E-state index < -0.39 is 0 Å². The predicted octanol–water partition coefficient (Wildman–Crippen LogP) is 3.09. The highest BCUT2D eigenvalue weighted by Gasteiger charge is 2.16. The second-order valence-electron chi connectivity index (χ2n) is 5.21. The highest BCUT2D eigenvalue weighted by molar-refractivity contribution is 7.99. The van der Waals surface area contributed by atoms with Crippen LogP contribution in [0.1, 0.15) is 37.0 Å². The number of rotatable bonds is 4. The molecule has 1 fully saturated rings. The van der Waals surface area contributed by atoms with E-state index >= 15 is 0 Å². The van der Waals surface area contributed by atoms with Crippen molar-refractivity contribution in [3.8, 4) is 0 Å². The van der Waals surface area contributed by atoms with Gasteiger partial charge in [0.25, 0.3) is 5.91 Å². The van der Waals surface area contributed by atoms with Gasteiger partial charge in [-0.15, -0.1) is 24.2 Å². The molecule has 1 aromatic carbocycles. The van der Waals surface area contributed by atoms with E-state index in [0.29, 0.717) is 5.25 Å². The Kier molecular flexibility index (Phi) is 7.41. The summed E-state index contributed by atoms with van der Waals surface area (Å²) in [7, 11) is 0. The van der Waals surface area contributed by atoms with E-state index in [1.54, 1.807) is 0 Å². The van der Waals surface area contributed by atoms with Crippen molar-refractivity contribution in [3.05, 3.63) is 29.8 Å². The fraction of sp³-hybridized carbons (Fsp3) is 0.533. The first-order valence-electron chi connectivity index (χ1n) is 6.93. The molecule has 1 saturated heterocycles. The van der Waals surface area contributed by atoms with Crippen molar-refractivity contribution in [2.24, 2.45) is 0 Å². The van der Waals surface area contributed by atoms with E-state index in [4.69, 9.17) is 0 Å². The molecular formula is C15H23ClN2OS. The first-order valence-corrected chi connectivity index (χ1v) is 7.81. The maximum absolute atomic E-state index is 12.1. The lowest BCUT2D eigenvalue weighted by Gasteiger charge is -2.23. The Hall–Kier alpha value is -0.710. The standard InChI is InChI=1S/C15H22N2OS.ClH/c1-11(2)19-14-7-5-12(6-8-14)15(18)17-13-4-3-9-16-10-13;/h5-8,11,13,16H,3-4,9-10H2,1-2H3,(H,17,18);1H/t13-;/m0./s1. The van der Waals surface area contributed by atoms with Gasteiger partial charge in [-0.2, -0.15) is 0 Å². The maximum Gasteiger partial charge on any atom is 0.251 e. The normalized spacial score (nSPS) is 18.4. The summed E-state index contributed by atoms with van der Waals surface area (Å²) in [6.45, 7) is 6.28. The van der Waals surface area contributed by atoms with Crippen molar-refractivity contribution < 1.29 is 4.79 Å². The number of carbonyl (C=O) groups excluding carboxylic acids is 1. The summed E-state index contributed by atoms with van der Waals surface area (Å²) in [5.41, 5.74) is 0.749. The number of benzene rings is 1. The lowest BCUT2D eigenvalue weighted by Crippen LogP contribution is -2.45. The Labute approximate surface area is 131 Å². The zero-order valence-corrected chi connectivity index (χ0v) is 13.7. The molecule has 1 aromatic rings. The highest BCUT2D eigenvalue weighted by Crippen LogP contribution is 2.22. The molecule has 112 valence electrons. The summed E-state index contributed by atoms with van der Waals surface area (Å²) in [5.74, 6) is 0.0368. The van der Waals surface area contributed by atoms with E-state index in [1.807, 2.05) is 36.0 Å². The number of carbonyl (C=O) groups is 1. The summed E-state index contributed by atoms with van der Waals surface area (Å²) in [6, 6.07) is 8.15. The topological polar surface area (TPSA) is 41.1 Å². The van der Waals surface area contributed by atoms with Crippen LogP contribution in [0.15, 0.2) is 29.2 Å². The molecule has 1 atom stereocenters. The highest BCUT2D eigenvalue weighted by atomic mass is 35.5. The Morgan fingerprint density at radius 2 is 2.05 bits per heavy atom. The molecule has 1 amide bonds. The molecule has 3 nitrogen and oxygen atoms in total. The fourth-order valence-corrected chi connectivity index (χ4v) is 3.04. The smallest absolute Gasteiger partial charge is 0.251 e. The van der Waals surface area contributed by atoms with E-state index in [9.17, 15) is 4.79 Å². The molecule has 2 rings (SSSR count). The van der Waals surface area contributed by atoms with Crippen molar-refractivity contribution in [2.75, 3.05) is 13.1 Å². The average molecular weight is 315 g/mol. The van der Waals surface area contributed by atoms with Gasteiger partial charge >= 0.3 is 0 Å². The van der Waals surface area contributed by atoms with Gasteiger partial charge in [0.05, 0.1) is 0 Å². The molecule has 5 heteroatoms. The van der Waals surface area contributed by atoms with Gasteiger partial charge in [0.2, 0.25) is 0 Å². The molecule has 0 bridgehead atoms. The average Bonchev–Trinajstić information content (AvgIpc) is 2.40. The van der Waals surface area contributed by atoms with E-state index in [0.717, 1.165) is 31.5 Å². The number of piperidine rings is 1. The third kappa shape index (κ3) is 5.35. The quantitative estimate of drug-likeness (QED) is 0.839. The van der Waals surface area contributed by atoms with Crippen molar-refractivity contribution >= 4 is 30.1 Å². The second kappa shape index (κ2) is 8.55. The van der Waals surface area contributed by atoms with Gasteiger partial charge < -0.3 is 10.6 Å². The number of amides is 1. The zero-order chi connectivity index (χ0) is 13.7. The third-order valence-corrected chi connectivity index (χ3v) is 4.14. The molecule has 0 saturated carbocycles. The molecule has 0 radical (unpaired) electrons. The van der Waals surface area contributed by atoms with Crippen LogP contribution in [0.25, 0.3) is 0 Å². The van der Waals surface area contributed by atoms with Crippen molar-refractivity contribution in [1.29, 1.82) is 0 Å². The Balaban J connectivity index is 0.00000200. The first-order chi connectivity index (χ1) is 9.15. The van der Waals surface area contributed by atoms with Crippen LogP contribution in [0.3, 0.4) is 0 Å². The second-order valence-corrected chi connectivity index (χ2v) is 6.86. The van der Waals surface area contributed by atoms with Crippen LogP contribution in [0.5, 0.6) is 0 Å². The van der Waals surface area contributed by atoms with Gasteiger partial charge in [0.15, 0.2) is 0 Å². The third-order valence-electron chi connectivity index (χ3n) is 3.12. The molecule has 0 aliphatic carbocycles. The summed E-state index contributed by atoms with van der Waals surface area (Å²) in [4.78, 5) is 13.3. The Morgan fingerprint density at radius 3 is 2.60 bits per heavy atom. The largest absolute Gasteiger partial charge is 0.348 e. The summed E-state index contributed by atoms with van der Waals surface area (Å²) >= 11 is 1.81. The minimum atomic E-state index is 0. The van der Waals surface area contributed by atoms with Gasteiger partial charge in [-0.3, -0.25) is 4.79 Å². The summed E-state index contributed by atoms with van der Waals surface area (Å²) in [6.07, 6.45) is 2.20. The predicted molar refractivity (Wildman–Crippen MR) is 88.0 cm³/mol. The van der Waals surface area contributed by atoms with E-state index in [-0.39, 0.29) is 24.4 Å². The minimum absolute atomic E-state index is 0. The molecule has 1 aliphatic heterocycles. The number of nitrogens with one attached hydrogen (secondary N) is 2. The number of thioether (sulfide) groups is 1. The van der Waals surface area contributed by atoms with Gasteiger partial charge in [-0.1, -0.05) is 13.8 Å². The monoisotopic (exact) mass is 314 g/mol. The number of halogens is 1. The molecule has 0 unspecified atom stereocenters. The molecule has 1 aliphatic rings. The molecule has 1 heterocycles. The fourth-order valence-electron chi connectivity index (χ4n) is 2.20. The number of hydrogen-bond donors (Lipinski definition) is 2. The van der Waals surface area contributed by atoms with Crippen LogP contribution in [0.2, 0.25) is 0 Å². The van der Waals surface area contributed by atoms with Crippen molar-refractivity contribution in [1.82, 2.24) is 10.6 Å².